The van der Waals surface area contributed by atoms with Gasteiger partial charge in [0.25, 0.3) is 0 Å². The summed E-state index contributed by atoms with van der Waals surface area (Å²) in [6, 6.07) is 11.3. The van der Waals surface area contributed by atoms with Crippen LogP contribution in [0, 0.1) is 0 Å². The lowest BCUT2D eigenvalue weighted by atomic mass is 9.77. The Morgan fingerprint density at radius 3 is 2.57 bits per heavy atom. The molecule has 1 heterocycles. The van der Waals surface area contributed by atoms with Gasteiger partial charge in [0.1, 0.15) is 11.3 Å². The van der Waals surface area contributed by atoms with Crippen molar-refractivity contribution in [2.75, 3.05) is 34.3 Å². The van der Waals surface area contributed by atoms with E-state index in [0.717, 1.165) is 29.8 Å². The molecule has 0 amide bonds. The number of fused-ring (bicyclic) bond motifs is 1. The minimum Gasteiger partial charge on any atom is -0.497 e. The summed E-state index contributed by atoms with van der Waals surface area (Å²) < 4.78 is 5.42. The number of hydrogen-bond acceptors (Lipinski definition) is 4. The molecule has 152 valence electrons. The van der Waals surface area contributed by atoms with Gasteiger partial charge in [-0.1, -0.05) is 35.3 Å². The van der Waals surface area contributed by atoms with Gasteiger partial charge in [0.05, 0.1) is 17.2 Å². The van der Waals surface area contributed by atoms with Crippen LogP contribution in [-0.2, 0) is 23.2 Å². The molecule has 0 bridgehead atoms. The van der Waals surface area contributed by atoms with E-state index in [9.17, 15) is 4.79 Å². The first-order valence-electron chi connectivity index (χ1n) is 8.90. The predicted octanol–water partition coefficient (Wildman–Crippen LogP) is 4.14. The van der Waals surface area contributed by atoms with Crippen LogP contribution in [0.5, 0.6) is 5.75 Å². The number of carbonyl (C=O) groups excluding carboxylic acids is 1. The molecule has 1 aliphatic rings. The van der Waals surface area contributed by atoms with Crippen LogP contribution in [0.2, 0.25) is 10.0 Å². The van der Waals surface area contributed by atoms with Crippen LogP contribution in [0.4, 0.5) is 0 Å². The quantitative estimate of drug-likeness (QED) is 0.728. The third-order valence-corrected chi connectivity index (χ3v) is 5.72. The van der Waals surface area contributed by atoms with Gasteiger partial charge in [-0.2, -0.15) is 0 Å². The average Bonchev–Trinajstić information content (AvgIpc) is 2.64. The van der Waals surface area contributed by atoms with E-state index in [4.69, 9.17) is 27.9 Å². The third-order valence-electron chi connectivity index (χ3n) is 4.98. The fourth-order valence-corrected chi connectivity index (χ4v) is 4.06. The van der Waals surface area contributed by atoms with Crippen molar-refractivity contribution in [3.05, 3.63) is 63.1 Å². The van der Waals surface area contributed by atoms with Crippen LogP contribution in [-0.4, -0.2) is 45.0 Å². The number of carbonyl (C=O) groups is 1. The van der Waals surface area contributed by atoms with Gasteiger partial charge in [-0.3, -0.25) is 10.1 Å². The number of hydrogen-bond donors (Lipinski definition) is 1. The third kappa shape index (κ3) is 4.64. The summed E-state index contributed by atoms with van der Waals surface area (Å²) in [5, 5.41) is 4.46. The number of Topliss-reactive ketones (excluding diaryl/α,β-unsaturated/α-hetero) is 1. The van der Waals surface area contributed by atoms with E-state index in [0.29, 0.717) is 16.6 Å². The van der Waals surface area contributed by atoms with Crippen molar-refractivity contribution in [1.82, 2.24) is 10.2 Å². The maximum atomic E-state index is 13.6. The monoisotopic (exact) mass is 442 g/mol. The zero-order valence-corrected chi connectivity index (χ0v) is 18.5. The van der Waals surface area contributed by atoms with Crippen LogP contribution < -0.4 is 10.1 Å². The Morgan fingerprint density at radius 2 is 1.93 bits per heavy atom. The zero-order chi connectivity index (χ0) is 19.6. The van der Waals surface area contributed by atoms with E-state index in [2.05, 4.69) is 11.4 Å². The van der Waals surface area contributed by atoms with Gasteiger partial charge in [-0.15, -0.1) is 12.4 Å². The van der Waals surface area contributed by atoms with E-state index in [1.54, 1.807) is 19.2 Å². The van der Waals surface area contributed by atoms with Crippen molar-refractivity contribution in [3.63, 3.8) is 0 Å². The van der Waals surface area contributed by atoms with E-state index in [1.807, 2.05) is 37.2 Å². The summed E-state index contributed by atoms with van der Waals surface area (Å²) in [6.45, 7) is 1.31. The molecule has 0 radical (unpaired) electrons. The highest BCUT2D eigenvalue weighted by molar-refractivity contribution is 6.42. The van der Waals surface area contributed by atoms with Crippen molar-refractivity contribution in [2.24, 2.45) is 0 Å². The number of ether oxygens (including phenoxy) is 1. The molecule has 3 rings (SSSR count). The summed E-state index contributed by atoms with van der Waals surface area (Å²) >= 11 is 12.2. The number of ketones is 1. The Balaban J connectivity index is 0.00000280. The largest absolute Gasteiger partial charge is 0.497 e. The topological polar surface area (TPSA) is 41.6 Å². The van der Waals surface area contributed by atoms with E-state index in [-0.39, 0.29) is 24.6 Å². The minimum absolute atomic E-state index is 0. The maximum Gasteiger partial charge on any atom is 0.163 e. The zero-order valence-electron chi connectivity index (χ0n) is 16.2. The molecule has 0 aliphatic carbocycles. The molecule has 7 heteroatoms. The van der Waals surface area contributed by atoms with E-state index in [1.165, 1.54) is 5.56 Å². The van der Waals surface area contributed by atoms with Crippen molar-refractivity contribution < 1.29 is 9.53 Å². The minimum atomic E-state index is -0.794. The Labute approximate surface area is 182 Å². The molecule has 0 fully saturated rings. The van der Waals surface area contributed by atoms with Crippen molar-refractivity contribution >= 4 is 41.4 Å². The molecule has 0 saturated carbocycles. The summed E-state index contributed by atoms with van der Waals surface area (Å²) in [7, 11) is 5.60. The van der Waals surface area contributed by atoms with Gasteiger partial charge in [0.2, 0.25) is 0 Å². The lowest BCUT2D eigenvalue weighted by Gasteiger charge is -2.41. The summed E-state index contributed by atoms with van der Waals surface area (Å²) in [5.74, 6) is 0.853. The molecule has 28 heavy (non-hydrogen) atoms. The molecular weight excluding hydrogens is 419 g/mol. The first-order valence-corrected chi connectivity index (χ1v) is 9.65. The number of benzene rings is 2. The molecule has 0 saturated heterocycles. The Bertz CT molecular complexity index is 858. The Morgan fingerprint density at radius 1 is 1.18 bits per heavy atom. The van der Waals surface area contributed by atoms with Crippen molar-refractivity contribution in [2.45, 2.75) is 18.4 Å². The van der Waals surface area contributed by atoms with Gasteiger partial charge in [0.15, 0.2) is 5.78 Å². The second-order valence-corrected chi connectivity index (χ2v) is 8.01. The van der Waals surface area contributed by atoms with Gasteiger partial charge in [-0.05, 0) is 61.5 Å². The van der Waals surface area contributed by atoms with Crippen LogP contribution in [0.25, 0.3) is 0 Å². The second kappa shape index (κ2) is 9.47. The van der Waals surface area contributed by atoms with Crippen LogP contribution in [0.3, 0.4) is 0 Å². The molecule has 1 N–H and O–H groups in total. The Hall–Kier alpha value is -1.30. The SMILES string of the molecule is COc1ccc2c(c1)C(CN(C)C)(C(=O)Cc1ccc(Cl)c(Cl)c1)NCC2.Cl. The standard InChI is InChI=1S/C21H24Cl2N2O2.ClH/c1-25(2)13-21(20(26)11-14-4-7-18(22)19(23)10-14)17-12-16(27-3)6-5-15(17)8-9-24-21;/h4-7,10,12,24H,8-9,11,13H2,1-3H3;1H. The first kappa shape index (κ1) is 23.0. The normalized spacial score (nSPS) is 18.4. The first-order chi connectivity index (χ1) is 12.9. The number of halogens is 3. The lowest BCUT2D eigenvalue weighted by Crippen LogP contribution is -2.58. The summed E-state index contributed by atoms with van der Waals surface area (Å²) in [4.78, 5) is 15.6. The fraction of sp³-hybridized carbons (Fsp3) is 0.381. The number of likely N-dealkylation sites (N-methyl/N-ethyl adjacent to an activating group) is 1. The number of rotatable bonds is 6. The molecule has 0 aromatic heterocycles. The molecule has 0 spiro atoms. The Kier molecular flexibility index (Phi) is 7.77. The van der Waals surface area contributed by atoms with Crippen LogP contribution >= 0.6 is 35.6 Å². The van der Waals surface area contributed by atoms with Gasteiger partial charge in [0, 0.05) is 19.5 Å². The van der Waals surface area contributed by atoms with E-state index < -0.39 is 5.54 Å². The highest BCUT2D eigenvalue weighted by Crippen LogP contribution is 2.34. The van der Waals surface area contributed by atoms with Crippen LogP contribution in [0.1, 0.15) is 16.7 Å². The predicted molar refractivity (Wildman–Crippen MR) is 117 cm³/mol. The second-order valence-electron chi connectivity index (χ2n) is 7.19. The van der Waals surface area contributed by atoms with Gasteiger partial charge in [-0.25, -0.2) is 0 Å². The van der Waals surface area contributed by atoms with Gasteiger partial charge < -0.3 is 9.64 Å². The molecule has 2 aromatic rings. The van der Waals surface area contributed by atoms with Crippen LogP contribution in [0.15, 0.2) is 36.4 Å². The maximum absolute atomic E-state index is 13.6. The fourth-order valence-electron chi connectivity index (χ4n) is 3.74. The number of nitrogens with one attached hydrogen (secondary N) is 1. The average molecular weight is 444 g/mol. The lowest BCUT2D eigenvalue weighted by molar-refractivity contribution is -0.126. The molecule has 2 aromatic carbocycles. The van der Waals surface area contributed by atoms with Crippen molar-refractivity contribution in [1.29, 1.82) is 0 Å². The molecule has 4 nitrogen and oxygen atoms in total. The molecule has 1 aliphatic heterocycles. The summed E-state index contributed by atoms with van der Waals surface area (Å²) in [6.07, 6.45) is 1.16. The van der Waals surface area contributed by atoms with E-state index >= 15 is 0 Å². The number of nitrogens with zero attached hydrogens (tertiary/aromatic N) is 1. The highest BCUT2D eigenvalue weighted by atomic mass is 35.5. The smallest absolute Gasteiger partial charge is 0.163 e. The van der Waals surface area contributed by atoms with Crippen molar-refractivity contribution in [3.8, 4) is 5.75 Å². The highest BCUT2D eigenvalue weighted by Gasteiger charge is 2.43. The molecule has 1 atom stereocenters. The summed E-state index contributed by atoms with van der Waals surface area (Å²) in [5.41, 5.74) is 2.23. The number of methoxy groups -OCH3 is 1. The molecule has 1 unspecified atom stereocenters. The molecular formula is C21H25Cl3N2O2. The van der Waals surface area contributed by atoms with Gasteiger partial charge >= 0.3 is 0 Å².